The summed E-state index contributed by atoms with van der Waals surface area (Å²) in [4.78, 5) is 37.3. The maximum atomic E-state index is 12.5. The molecule has 0 radical (unpaired) electrons. The quantitative estimate of drug-likeness (QED) is 0.409. The summed E-state index contributed by atoms with van der Waals surface area (Å²) in [6.45, 7) is 2.30. The predicted octanol–water partition coefficient (Wildman–Crippen LogP) is 2.12. The highest BCUT2D eigenvalue weighted by Gasteiger charge is 2.44. The van der Waals surface area contributed by atoms with E-state index in [9.17, 15) is 14.4 Å². The molecule has 1 saturated carbocycles. The van der Waals surface area contributed by atoms with Crippen LogP contribution in [0.4, 0.5) is 0 Å². The van der Waals surface area contributed by atoms with Gasteiger partial charge in [0.25, 0.3) is 0 Å². The van der Waals surface area contributed by atoms with Gasteiger partial charge < -0.3 is 14.2 Å². The van der Waals surface area contributed by atoms with Crippen molar-refractivity contribution < 1.29 is 28.6 Å². The third-order valence-electron chi connectivity index (χ3n) is 5.92. The molecule has 2 aliphatic carbocycles. The van der Waals surface area contributed by atoms with Gasteiger partial charge in [0.2, 0.25) is 0 Å². The van der Waals surface area contributed by atoms with Gasteiger partial charge in [-0.25, -0.2) is 0 Å². The molecule has 6 heteroatoms. The molecule has 1 heterocycles. The Morgan fingerprint density at radius 3 is 2.24 bits per heavy atom. The molecule has 0 aromatic carbocycles. The van der Waals surface area contributed by atoms with Crippen LogP contribution in [0, 0.1) is 35.5 Å². The number of allylic oxidation sites excluding steroid dienone is 1. The summed E-state index contributed by atoms with van der Waals surface area (Å²) in [6, 6.07) is 0. The number of fused-ring (bicyclic) bond motifs is 2. The summed E-state index contributed by atoms with van der Waals surface area (Å²) in [5, 5.41) is 0. The van der Waals surface area contributed by atoms with Gasteiger partial charge in [-0.1, -0.05) is 31.9 Å². The van der Waals surface area contributed by atoms with Crippen LogP contribution in [0.15, 0.2) is 12.2 Å². The lowest BCUT2D eigenvalue weighted by molar-refractivity contribution is -0.171. The lowest BCUT2D eigenvalue weighted by Crippen LogP contribution is -2.44. The van der Waals surface area contributed by atoms with Gasteiger partial charge in [-0.2, -0.15) is 0 Å². The van der Waals surface area contributed by atoms with Crippen LogP contribution in [0.1, 0.15) is 32.6 Å². The summed E-state index contributed by atoms with van der Waals surface area (Å²) >= 11 is 0. The highest BCUT2D eigenvalue weighted by Crippen LogP contribution is 2.38. The third-order valence-corrected chi connectivity index (χ3v) is 5.92. The van der Waals surface area contributed by atoms with Crippen molar-refractivity contribution in [2.45, 2.75) is 32.6 Å². The van der Waals surface area contributed by atoms with Gasteiger partial charge in [0.1, 0.15) is 0 Å². The molecule has 0 aromatic rings. The lowest BCUT2D eigenvalue weighted by atomic mass is 9.71. The molecule has 0 N–H and O–H groups in total. The van der Waals surface area contributed by atoms with Crippen LogP contribution >= 0.6 is 0 Å². The first-order valence-corrected chi connectivity index (χ1v) is 9.12. The molecule has 0 unspecified atom stereocenters. The van der Waals surface area contributed by atoms with Crippen molar-refractivity contribution >= 4 is 17.9 Å². The number of hydrogen-bond donors (Lipinski definition) is 0. The van der Waals surface area contributed by atoms with Crippen LogP contribution in [-0.2, 0) is 28.6 Å². The van der Waals surface area contributed by atoms with Crippen LogP contribution in [0.5, 0.6) is 0 Å². The van der Waals surface area contributed by atoms with E-state index in [2.05, 4.69) is 0 Å². The Labute approximate surface area is 147 Å². The topological polar surface area (TPSA) is 78.9 Å². The highest BCUT2D eigenvalue weighted by molar-refractivity contribution is 5.82. The first-order valence-electron chi connectivity index (χ1n) is 9.12. The fourth-order valence-corrected chi connectivity index (χ4v) is 4.43. The summed E-state index contributed by atoms with van der Waals surface area (Å²) in [5.74, 6) is -2.63. The van der Waals surface area contributed by atoms with Gasteiger partial charge in [0.05, 0.1) is 38.1 Å². The summed E-state index contributed by atoms with van der Waals surface area (Å²) in [5.41, 5.74) is 0. The largest absolute Gasteiger partial charge is 0.469 e. The van der Waals surface area contributed by atoms with Crippen LogP contribution in [0.3, 0.4) is 0 Å². The zero-order valence-electron chi connectivity index (χ0n) is 14.8. The zero-order valence-corrected chi connectivity index (χ0v) is 14.8. The van der Waals surface area contributed by atoms with Crippen LogP contribution < -0.4 is 0 Å². The van der Waals surface area contributed by atoms with Crippen molar-refractivity contribution in [1.29, 1.82) is 0 Å². The Hall–Kier alpha value is -1.85. The molecule has 6 atom stereocenters. The Balaban J connectivity index is 1.85. The monoisotopic (exact) mass is 350 g/mol. The SMILES string of the molecule is COC(=O)[C@H]1[C@@H]2COC(=O)[C@H]3CCCC[C@H]3C(=O)OC[C@@H]2C=C[C@@H]1C. The first-order chi connectivity index (χ1) is 12.0. The smallest absolute Gasteiger partial charge is 0.309 e. The molecule has 2 fully saturated rings. The Morgan fingerprint density at radius 2 is 1.64 bits per heavy atom. The molecule has 1 saturated heterocycles. The van der Waals surface area contributed by atoms with Gasteiger partial charge in [-0.05, 0) is 18.8 Å². The number of carbonyl (C=O) groups is 3. The molecular weight excluding hydrogens is 324 g/mol. The van der Waals surface area contributed by atoms with Crippen molar-refractivity contribution in [2.75, 3.05) is 20.3 Å². The van der Waals surface area contributed by atoms with Crippen molar-refractivity contribution in [1.82, 2.24) is 0 Å². The molecule has 3 aliphatic rings. The normalized spacial score (nSPS) is 38.6. The number of ether oxygens (including phenoxy) is 3. The Kier molecular flexibility index (Phi) is 5.45. The minimum absolute atomic E-state index is 0.0199. The maximum absolute atomic E-state index is 12.5. The zero-order chi connectivity index (χ0) is 18.0. The third kappa shape index (κ3) is 3.58. The number of carbonyl (C=O) groups excluding carboxylic acids is 3. The van der Waals surface area contributed by atoms with Gasteiger partial charge in [0, 0.05) is 11.8 Å². The molecule has 25 heavy (non-hydrogen) atoms. The second kappa shape index (κ2) is 7.58. The number of rotatable bonds is 1. The van der Waals surface area contributed by atoms with E-state index in [1.54, 1.807) is 0 Å². The predicted molar refractivity (Wildman–Crippen MR) is 88.2 cm³/mol. The van der Waals surface area contributed by atoms with E-state index < -0.39 is 17.8 Å². The molecule has 0 aromatic heterocycles. The second-order valence-corrected chi connectivity index (χ2v) is 7.38. The number of esters is 3. The number of hydrogen-bond acceptors (Lipinski definition) is 6. The van der Waals surface area contributed by atoms with Crippen molar-refractivity contribution in [3.05, 3.63) is 12.2 Å². The highest BCUT2D eigenvalue weighted by atomic mass is 16.5. The molecule has 3 rings (SSSR count). The molecule has 138 valence electrons. The lowest BCUT2D eigenvalue weighted by Gasteiger charge is -2.38. The van der Waals surface area contributed by atoms with Gasteiger partial charge in [-0.15, -0.1) is 0 Å². The van der Waals surface area contributed by atoms with Crippen LogP contribution in [0.25, 0.3) is 0 Å². The fraction of sp³-hybridized carbons (Fsp3) is 0.737. The Morgan fingerprint density at radius 1 is 1.04 bits per heavy atom. The number of cyclic esters (lactones) is 2. The molecular formula is C19H26O6. The average molecular weight is 350 g/mol. The molecule has 6 nitrogen and oxygen atoms in total. The standard InChI is InChI=1S/C19H26O6/c1-11-7-8-12-9-24-17(20)13-5-3-4-6-14(13)18(21)25-10-15(12)16(11)19(22)23-2/h7-8,11-16H,3-6,9-10H2,1-2H3/t11-,12-,13+,14-,15+,16+/m0/s1. The van der Waals surface area contributed by atoms with E-state index in [4.69, 9.17) is 14.2 Å². The second-order valence-electron chi connectivity index (χ2n) is 7.38. The van der Waals surface area contributed by atoms with E-state index in [1.807, 2.05) is 19.1 Å². The van der Waals surface area contributed by atoms with E-state index in [-0.39, 0.29) is 48.9 Å². The fourth-order valence-electron chi connectivity index (χ4n) is 4.43. The van der Waals surface area contributed by atoms with Crippen molar-refractivity contribution in [3.8, 4) is 0 Å². The minimum atomic E-state index is -0.425. The Bertz CT molecular complexity index is 568. The first kappa shape index (κ1) is 18.0. The summed E-state index contributed by atoms with van der Waals surface area (Å²) < 4.78 is 16.1. The summed E-state index contributed by atoms with van der Waals surface area (Å²) in [6.07, 6.45) is 7.09. The van der Waals surface area contributed by atoms with Crippen molar-refractivity contribution in [3.63, 3.8) is 0 Å². The van der Waals surface area contributed by atoms with E-state index >= 15 is 0 Å². The maximum Gasteiger partial charge on any atom is 0.309 e. The van der Waals surface area contributed by atoms with Gasteiger partial charge in [-0.3, -0.25) is 14.4 Å². The molecule has 1 aliphatic heterocycles. The molecule has 0 amide bonds. The van der Waals surface area contributed by atoms with E-state index in [0.29, 0.717) is 12.8 Å². The summed E-state index contributed by atoms with van der Waals surface area (Å²) in [7, 11) is 1.36. The van der Waals surface area contributed by atoms with Crippen molar-refractivity contribution in [2.24, 2.45) is 35.5 Å². The molecule has 0 bridgehead atoms. The van der Waals surface area contributed by atoms with E-state index in [0.717, 1.165) is 12.8 Å². The average Bonchev–Trinajstić information content (AvgIpc) is 2.63. The minimum Gasteiger partial charge on any atom is -0.469 e. The van der Waals surface area contributed by atoms with Gasteiger partial charge in [0.15, 0.2) is 0 Å². The van der Waals surface area contributed by atoms with Gasteiger partial charge >= 0.3 is 17.9 Å². The number of methoxy groups -OCH3 is 1. The van der Waals surface area contributed by atoms with E-state index in [1.165, 1.54) is 7.11 Å². The molecule has 0 spiro atoms. The van der Waals surface area contributed by atoms with Crippen LogP contribution in [0.2, 0.25) is 0 Å². The van der Waals surface area contributed by atoms with Crippen LogP contribution in [-0.4, -0.2) is 38.2 Å².